The molecule has 4 nitrogen and oxygen atoms in total. The minimum atomic E-state index is 0.574. The van der Waals surface area contributed by atoms with E-state index in [2.05, 4.69) is 10.2 Å². The molecule has 0 spiro atoms. The van der Waals surface area contributed by atoms with Gasteiger partial charge in [0.2, 0.25) is 11.8 Å². The van der Waals surface area contributed by atoms with E-state index in [9.17, 15) is 0 Å². The standard InChI is InChI=1S/C9H15N3O/c10-5-4-8-11-12-9(13-8)6-7-2-1-3-7/h7H,1-6,10H2. The average Bonchev–Trinajstić information content (AvgIpc) is 2.46. The first kappa shape index (κ1) is 8.69. The summed E-state index contributed by atoms with van der Waals surface area (Å²) in [4.78, 5) is 0. The molecule has 2 N–H and O–H groups in total. The molecular formula is C9H15N3O. The first-order valence-corrected chi connectivity index (χ1v) is 4.90. The summed E-state index contributed by atoms with van der Waals surface area (Å²) in [5.41, 5.74) is 5.38. The first-order chi connectivity index (χ1) is 6.38. The minimum Gasteiger partial charge on any atom is -0.425 e. The van der Waals surface area contributed by atoms with Crippen LogP contribution in [-0.2, 0) is 12.8 Å². The molecular weight excluding hydrogens is 166 g/mol. The molecule has 1 aliphatic rings. The fourth-order valence-electron chi connectivity index (χ4n) is 1.54. The highest BCUT2D eigenvalue weighted by Gasteiger charge is 2.20. The lowest BCUT2D eigenvalue weighted by Gasteiger charge is -2.23. The zero-order valence-electron chi connectivity index (χ0n) is 7.70. The molecule has 1 heterocycles. The second kappa shape index (κ2) is 3.87. The summed E-state index contributed by atoms with van der Waals surface area (Å²) in [6.07, 6.45) is 5.63. The fraction of sp³-hybridized carbons (Fsp3) is 0.778. The van der Waals surface area contributed by atoms with Gasteiger partial charge in [-0.1, -0.05) is 6.42 Å². The van der Waals surface area contributed by atoms with Crippen LogP contribution in [-0.4, -0.2) is 16.7 Å². The molecule has 0 unspecified atom stereocenters. The van der Waals surface area contributed by atoms with Gasteiger partial charge in [0.25, 0.3) is 0 Å². The minimum absolute atomic E-state index is 0.574. The van der Waals surface area contributed by atoms with E-state index in [1.54, 1.807) is 0 Å². The van der Waals surface area contributed by atoms with Crippen LogP contribution in [0.3, 0.4) is 0 Å². The van der Waals surface area contributed by atoms with Crippen LogP contribution in [0.4, 0.5) is 0 Å². The Hall–Kier alpha value is -0.900. The summed E-state index contributed by atoms with van der Waals surface area (Å²) in [7, 11) is 0. The highest BCUT2D eigenvalue weighted by atomic mass is 16.4. The molecule has 0 bridgehead atoms. The predicted octanol–water partition coefficient (Wildman–Crippen LogP) is 0.913. The van der Waals surface area contributed by atoms with E-state index >= 15 is 0 Å². The summed E-state index contributed by atoms with van der Waals surface area (Å²) in [5.74, 6) is 2.25. The number of nitrogens with two attached hydrogens (primary N) is 1. The van der Waals surface area contributed by atoms with Crippen molar-refractivity contribution in [1.29, 1.82) is 0 Å². The van der Waals surface area contributed by atoms with Gasteiger partial charge in [-0.3, -0.25) is 0 Å². The van der Waals surface area contributed by atoms with Crippen molar-refractivity contribution in [3.05, 3.63) is 11.8 Å². The molecule has 0 radical (unpaired) electrons. The highest BCUT2D eigenvalue weighted by molar-refractivity contribution is 4.86. The van der Waals surface area contributed by atoms with Gasteiger partial charge in [-0.05, 0) is 18.8 Å². The van der Waals surface area contributed by atoms with E-state index < -0.39 is 0 Å². The van der Waals surface area contributed by atoms with Crippen LogP contribution in [0.5, 0.6) is 0 Å². The Morgan fingerprint density at radius 1 is 1.31 bits per heavy atom. The van der Waals surface area contributed by atoms with Crippen molar-refractivity contribution in [1.82, 2.24) is 10.2 Å². The Balaban J connectivity index is 1.88. The van der Waals surface area contributed by atoms with E-state index in [0.717, 1.165) is 18.2 Å². The molecule has 13 heavy (non-hydrogen) atoms. The molecule has 0 aliphatic heterocycles. The largest absolute Gasteiger partial charge is 0.425 e. The van der Waals surface area contributed by atoms with Crippen molar-refractivity contribution in [3.63, 3.8) is 0 Å². The smallest absolute Gasteiger partial charge is 0.217 e. The normalized spacial score (nSPS) is 17.3. The third-order valence-corrected chi connectivity index (χ3v) is 2.55. The van der Waals surface area contributed by atoms with Gasteiger partial charge in [-0.15, -0.1) is 10.2 Å². The van der Waals surface area contributed by atoms with Crippen molar-refractivity contribution in [2.24, 2.45) is 11.7 Å². The number of hydrogen-bond acceptors (Lipinski definition) is 4. The van der Waals surface area contributed by atoms with Gasteiger partial charge in [0.05, 0.1) is 0 Å². The Labute approximate surface area is 77.5 Å². The second-order valence-electron chi connectivity index (χ2n) is 3.63. The van der Waals surface area contributed by atoms with Crippen molar-refractivity contribution in [2.75, 3.05) is 6.54 Å². The molecule has 2 rings (SSSR count). The van der Waals surface area contributed by atoms with E-state index in [4.69, 9.17) is 10.2 Å². The van der Waals surface area contributed by atoms with E-state index in [-0.39, 0.29) is 0 Å². The van der Waals surface area contributed by atoms with Crippen LogP contribution in [0, 0.1) is 5.92 Å². The van der Waals surface area contributed by atoms with Gasteiger partial charge in [-0.25, -0.2) is 0 Å². The topological polar surface area (TPSA) is 64.9 Å². The number of aromatic nitrogens is 2. The van der Waals surface area contributed by atoms with Gasteiger partial charge >= 0.3 is 0 Å². The Morgan fingerprint density at radius 2 is 2.08 bits per heavy atom. The lowest BCUT2D eigenvalue weighted by Crippen LogP contribution is -2.13. The second-order valence-corrected chi connectivity index (χ2v) is 3.63. The van der Waals surface area contributed by atoms with Crippen molar-refractivity contribution >= 4 is 0 Å². The van der Waals surface area contributed by atoms with Gasteiger partial charge in [0, 0.05) is 19.4 Å². The molecule has 4 heteroatoms. The monoisotopic (exact) mass is 181 g/mol. The lowest BCUT2D eigenvalue weighted by atomic mass is 9.83. The fourth-order valence-corrected chi connectivity index (χ4v) is 1.54. The van der Waals surface area contributed by atoms with E-state index in [1.807, 2.05) is 0 Å². The van der Waals surface area contributed by atoms with Crippen molar-refractivity contribution < 1.29 is 4.42 Å². The Morgan fingerprint density at radius 3 is 2.69 bits per heavy atom. The average molecular weight is 181 g/mol. The summed E-state index contributed by atoms with van der Waals surface area (Å²) in [6.45, 7) is 0.574. The van der Waals surface area contributed by atoms with Crippen LogP contribution < -0.4 is 5.73 Å². The molecule has 0 amide bonds. The molecule has 0 saturated heterocycles. The number of rotatable bonds is 4. The van der Waals surface area contributed by atoms with Crippen LogP contribution in [0.2, 0.25) is 0 Å². The van der Waals surface area contributed by atoms with Gasteiger partial charge in [0.1, 0.15) is 0 Å². The number of nitrogens with zero attached hydrogens (tertiary/aromatic N) is 2. The van der Waals surface area contributed by atoms with Crippen LogP contribution >= 0.6 is 0 Å². The van der Waals surface area contributed by atoms with Crippen LogP contribution in [0.25, 0.3) is 0 Å². The van der Waals surface area contributed by atoms with E-state index in [0.29, 0.717) is 18.9 Å². The van der Waals surface area contributed by atoms with Crippen molar-refractivity contribution in [3.8, 4) is 0 Å². The molecule has 1 saturated carbocycles. The molecule has 0 aromatic carbocycles. The Kier molecular flexibility index (Phi) is 2.59. The molecule has 1 fully saturated rings. The maximum atomic E-state index is 5.43. The van der Waals surface area contributed by atoms with Crippen molar-refractivity contribution in [2.45, 2.75) is 32.1 Å². The zero-order valence-corrected chi connectivity index (χ0v) is 7.70. The van der Waals surface area contributed by atoms with Crippen LogP contribution in [0.1, 0.15) is 31.0 Å². The molecule has 1 aliphatic carbocycles. The third-order valence-electron chi connectivity index (χ3n) is 2.55. The predicted molar refractivity (Wildman–Crippen MR) is 48.1 cm³/mol. The summed E-state index contributed by atoms with van der Waals surface area (Å²) in [6, 6.07) is 0. The Bertz CT molecular complexity index is 268. The molecule has 1 aromatic heterocycles. The maximum Gasteiger partial charge on any atom is 0.217 e. The van der Waals surface area contributed by atoms with Gasteiger partial charge in [0.15, 0.2) is 0 Å². The number of hydrogen-bond donors (Lipinski definition) is 1. The highest BCUT2D eigenvalue weighted by Crippen LogP contribution is 2.29. The van der Waals surface area contributed by atoms with Gasteiger partial charge < -0.3 is 10.2 Å². The summed E-state index contributed by atoms with van der Waals surface area (Å²) < 4.78 is 5.43. The third kappa shape index (κ3) is 2.06. The first-order valence-electron chi connectivity index (χ1n) is 4.90. The summed E-state index contributed by atoms with van der Waals surface area (Å²) >= 11 is 0. The van der Waals surface area contributed by atoms with E-state index in [1.165, 1.54) is 19.3 Å². The molecule has 1 aromatic rings. The quantitative estimate of drug-likeness (QED) is 0.750. The zero-order chi connectivity index (χ0) is 9.10. The van der Waals surface area contributed by atoms with Gasteiger partial charge in [-0.2, -0.15) is 0 Å². The van der Waals surface area contributed by atoms with Crippen LogP contribution in [0.15, 0.2) is 4.42 Å². The SMILES string of the molecule is NCCc1nnc(CC2CCC2)o1. The molecule has 72 valence electrons. The molecule has 0 atom stereocenters. The maximum absolute atomic E-state index is 5.43. The lowest BCUT2D eigenvalue weighted by molar-refractivity contribution is 0.287. The summed E-state index contributed by atoms with van der Waals surface area (Å²) in [5, 5.41) is 7.91.